The fourth-order valence-electron chi connectivity index (χ4n) is 3.50. The SMILES string of the molecule is CCOC(=O)[C@@H]1CCCN(S(=O)(=O)N(C)Cc2ccc([C@@H]3C[C@H]3C)o2)C1. The van der Waals surface area contributed by atoms with E-state index in [4.69, 9.17) is 9.15 Å². The Balaban J connectivity index is 1.62. The molecule has 7 nitrogen and oxygen atoms in total. The number of nitrogens with zero attached hydrogens (tertiary/aromatic N) is 2. The molecule has 1 aliphatic carbocycles. The lowest BCUT2D eigenvalue weighted by Gasteiger charge is -2.33. The summed E-state index contributed by atoms with van der Waals surface area (Å²) >= 11 is 0. The fraction of sp³-hybridized carbons (Fsp3) is 0.722. The number of hydrogen-bond acceptors (Lipinski definition) is 5. The van der Waals surface area contributed by atoms with E-state index < -0.39 is 16.1 Å². The molecule has 2 heterocycles. The van der Waals surface area contributed by atoms with Gasteiger partial charge in [0, 0.05) is 26.1 Å². The molecule has 1 aliphatic heterocycles. The number of rotatable bonds is 7. The topological polar surface area (TPSA) is 80.1 Å². The molecule has 0 N–H and O–H groups in total. The lowest BCUT2D eigenvalue weighted by atomic mass is 10.0. The van der Waals surface area contributed by atoms with Crippen LogP contribution in [0.15, 0.2) is 16.5 Å². The zero-order chi connectivity index (χ0) is 18.9. The summed E-state index contributed by atoms with van der Waals surface area (Å²) in [7, 11) is -2.10. The molecule has 0 aromatic carbocycles. The van der Waals surface area contributed by atoms with Gasteiger partial charge >= 0.3 is 5.97 Å². The molecule has 1 saturated carbocycles. The predicted octanol–water partition coefficient (Wildman–Crippen LogP) is 2.35. The van der Waals surface area contributed by atoms with Crippen LogP contribution in [0.5, 0.6) is 0 Å². The zero-order valence-corrected chi connectivity index (χ0v) is 16.5. The summed E-state index contributed by atoms with van der Waals surface area (Å²) in [5.41, 5.74) is 0. The molecule has 146 valence electrons. The van der Waals surface area contributed by atoms with Gasteiger partial charge in [0.2, 0.25) is 0 Å². The summed E-state index contributed by atoms with van der Waals surface area (Å²) in [6.45, 7) is 5.02. The molecule has 8 heteroatoms. The molecule has 26 heavy (non-hydrogen) atoms. The van der Waals surface area contributed by atoms with Gasteiger partial charge < -0.3 is 9.15 Å². The summed E-state index contributed by atoms with van der Waals surface area (Å²) in [6.07, 6.45) is 2.45. The molecule has 3 rings (SSSR count). The van der Waals surface area contributed by atoms with Crippen LogP contribution in [-0.4, -0.2) is 49.7 Å². The minimum atomic E-state index is -3.65. The molecule has 0 unspecified atom stereocenters. The van der Waals surface area contributed by atoms with E-state index in [2.05, 4.69) is 6.92 Å². The van der Waals surface area contributed by atoms with Crippen molar-refractivity contribution in [3.63, 3.8) is 0 Å². The fourth-order valence-corrected chi connectivity index (χ4v) is 4.91. The van der Waals surface area contributed by atoms with E-state index in [1.165, 1.54) is 8.61 Å². The average Bonchev–Trinajstić information content (AvgIpc) is 3.16. The van der Waals surface area contributed by atoms with Crippen LogP contribution in [0.3, 0.4) is 0 Å². The molecule has 0 bridgehead atoms. The zero-order valence-electron chi connectivity index (χ0n) is 15.7. The Morgan fingerprint density at radius 2 is 2.15 bits per heavy atom. The van der Waals surface area contributed by atoms with Gasteiger partial charge in [-0.25, -0.2) is 0 Å². The summed E-state index contributed by atoms with van der Waals surface area (Å²) < 4.78 is 39.3. The van der Waals surface area contributed by atoms with Gasteiger partial charge in [-0.2, -0.15) is 17.0 Å². The van der Waals surface area contributed by atoms with Crippen molar-refractivity contribution >= 4 is 16.2 Å². The third-order valence-electron chi connectivity index (χ3n) is 5.26. The van der Waals surface area contributed by atoms with Gasteiger partial charge in [-0.1, -0.05) is 6.92 Å². The third kappa shape index (κ3) is 4.13. The van der Waals surface area contributed by atoms with Gasteiger partial charge in [-0.15, -0.1) is 0 Å². The Kier molecular flexibility index (Phi) is 5.74. The smallest absolute Gasteiger partial charge is 0.310 e. The molecule has 1 saturated heterocycles. The quantitative estimate of drug-likeness (QED) is 0.674. The molecular weight excluding hydrogens is 356 g/mol. The summed E-state index contributed by atoms with van der Waals surface area (Å²) in [5, 5.41) is 0. The van der Waals surface area contributed by atoms with Crippen molar-refractivity contribution in [2.75, 3.05) is 26.7 Å². The van der Waals surface area contributed by atoms with Gasteiger partial charge in [0.15, 0.2) is 0 Å². The largest absolute Gasteiger partial charge is 0.466 e. The van der Waals surface area contributed by atoms with Crippen LogP contribution in [0.4, 0.5) is 0 Å². The second kappa shape index (κ2) is 7.70. The number of furan rings is 1. The summed E-state index contributed by atoms with van der Waals surface area (Å²) in [6, 6.07) is 3.80. The van der Waals surface area contributed by atoms with Gasteiger partial charge in [-0.3, -0.25) is 4.79 Å². The van der Waals surface area contributed by atoms with Crippen molar-refractivity contribution in [1.82, 2.24) is 8.61 Å². The minimum Gasteiger partial charge on any atom is -0.466 e. The second-order valence-corrected chi connectivity index (χ2v) is 9.37. The molecule has 0 radical (unpaired) electrons. The Morgan fingerprint density at radius 1 is 1.42 bits per heavy atom. The van der Waals surface area contributed by atoms with E-state index in [-0.39, 0.29) is 19.1 Å². The highest BCUT2D eigenvalue weighted by atomic mass is 32.2. The van der Waals surface area contributed by atoms with Crippen molar-refractivity contribution in [1.29, 1.82) is 0 Å². The highest BCUT2D eigenvalue weighted by molar-refractivity contribution is 7.86. The number of esters is 1. The standard InChI is InChI=1S/C18H28N2O5S/c1-4-24-18(21)14-6-5-9-20(11-14)26(22,23)19(3)12-15-7-8-17(25-15)16-10-13(16)2/h7-8,13-14,16H,4-6,9-12H2,1-3H3/t13-,14-,16-/m1/s1. The molecule has 2 fully saturated rings. The molecule has 3 atom stereocenters. The molecule has 1 aromatic heterocycles. The number of ether oxygens (including phenoxy) is 1. The van der Waals surface area contributed by atoms with Crippen molar-refractivity contribution in [3.05, 3.63) is 23.7 Å². The Hall–Kier alpha value is -1.38. The van der Waals surface area contributed by atoms with Gasteiger partial charge in [0.1, 0.15) is 11.5 Å². The van der Waals surface area contributed by atoms with Gasteiger partial charge in [0.25, 0.3) is 10.2 Å². The Bertz CT molecular complexity index is 745. The van der Waals surface area contributed by atoms with Crippen LogP contribution in [0, 0.1) is 11.8 Å². The first-order valence-corrected chi connectivity index (χ1v) is 10.7. The van der Waals surface area contributed by atoms with Crippen molar-refractivity contribution in [2.45, 2.75) is 45.6 Å². The van der Waals surface area contributed by atoms with E-state index in [0.717, 1.165) is 12.2 Å². The van der Waals surface area contributed by atoms with E-state index in [1.54, 1.807) is 14.0 Å². The maximum atomic E-state index is 12.9. The Morgan fingerprint density at radius 3 is 2.81 bits per heavy atom. The normalized spacial score (nSPS) is 26.8. The molecular formula is C18H28N2O5S. The first-order valence-electron chi connectivity index (χ1n) is 9.29. The van der Waals surface area contributed by atoms with Crippen LogP contribution in [0.25, 0.3) is 0 Å². The van der Waals surface area contributed by atoms with Crippen LogP contribution in [0.1, 0.15) is 50.5 Å². The van der Waals surface area contributed by atoms with E-state index in [1.807, 2.05) is 12.1 Å². The maximum absolute atomic E-state index is 12.9. The lowest BCUT2D eigenvalue weighted by molar-refractivity contribution is -0.149. The Labute approximate surface area is 155 Å². The van der Waals surface area contributed by atoms with Crippen LogP contribution in [0.2, 0.25) is 0 Å². The van der Waals surface area contributed by atoms with Gasteiger partial charge in [0.05, 0.1) is 19.1 Å². The van der Waals surface area contributed by atoms with E-state index in [9.17, 15) is 13.2 Å². The highest BCUT2D eigenvalue weighted by Crippen LogP contribution is 2.47. The predicted molar refractivity (Wildman–Crippen MR) is 96.5 cm³/mol. The van der Waals surface area contributed by atoms with E-state index >= 15 is 0 Å². The van der Waals surface area contributed by atoms with Crippen molar-refractivity contribution in [3.8, 4) is 0 Å². The summed E-state index contributed by atoms with van der Waals surface area (Å²) in [5.74, 6) is 1.99. The minimum absolute atomic E-state index is 0.175. The molecule has 0 spiro atoms. The monoisotopic (exact) mass is 384 g/mol. The van der Waals surface area contributed by atoms with E-state index in [0.29, 0.717) is 43.6 Å². The average molecular weight is 384 g/mol. The lowest BCUT2D eigenvalue weighted by Crippen LogP contribution is -2.48. The van der Waals surface area contributed by atoms with Gasteiger partial charge in [-0.05, 0) is 44.2 Å². The number of hydrogen-bond donors (Lipinski definition) is 0. The molecule has 2 aliphatic rings. The van der Waals surface area contributed by atoms with Crippen molar-refractivity contribution in [2.24, 2.45) is 11.8 Å². The maximum Gasteiger partial charge on any atom is 0.310 e. The highest BCUT2D eigenvalue weighted by Gasteiger charge is 2.38. The van der Waals surface area contributed by atoms with Crippen LogP contribution < -0.4 is 0 Å². The number of carbonyl (C=O) groups is 1. The third-order valence-corrected chi connectivity index (χ3v) is 7.16. The van der Waals surface area contributed by atoms with Crippen LogP contribution >= 0.6 is 0 Å². The summed E-state index contributed by atoms with van der Waals surface area (Å²) in [4.78, 5) is 12.0. The molecule has 1 aromatic rings. The first kappa shape index (κ1) is 19.4. The number of piperidine rings is 1. The molecule has 0 amide bonds. The number of carbonyl (C=O) groups excluding carboxylic acids is 1. The first-order chi connectivity index (χ1) is 12.3. The van der Waals surface area contributed by atoms with Crippen LogP contribution in [-0.2, 0) is 26.3 Å². The second-order valence-electron chi connectivity index (χ2n) is 7.34. The van der Waals surface area contributed by atoms with Crippen molar-refractivity contribution < 1.29 is 22.4 Å².